The minimum absolute atomic E-state index is 0.0996. The monoisotopic (exact) mass is 231 g/mol. The molecule has 0 aromatic heterocycles. The second-order valence-corrected chi connectivity index (χ2v) is 3.69. The number of hydrogen-bond donors (Lipinski definition) is 1. The van der Waals surface area contributed by atoms with E-state index >= 15 is 0 Å². The van der Waals surface area contributed by atoms with Gasteiger partial charge in [-0.15, -0.1) is 0 Å². The van der Waals surface area contributed by atoms with Gasteiger partial charge in [0.05, 0.1) is 19.3 Å². The van der Waals surface area contributed by atoms with E-state index in [0.717, 1.165) is 0 Å². The number of nitrogens with one attached hydrogen (secondary N) is 1. The van der Waals surface area contributed by atoms with E-state index in [9.17, 15) is 9.59 Å². The number of hydroxylamine groups is 1. The summed E-state index contributed by atoms with van der Waals surface area (Å²) in [4.78, 5) is 25.9. The average Bonchev–Trinajstić information content (AvgIpc) is 2.16. The van der Waals surface area contributed by atoms with Gasteiger partial charge in [0.1, 0.15) is 6.10 Å². The van der Waals surface area contributed by atoms with Gasteiger partial charge in [-0.05, 0) is 0 Å². The molecule has 0 saturated carbocycles. The van der Waals surface area contributed by atoms with Crippen molar-refractivity contribution in [3.63, 3.8) is 0 Å². The third-order valence-electron chi connectivity index (χ3n) is 2.18. The van der Waals surface area contributed by atoms with Gasteiger partial charge in [0.2, 0.25) is 0 Å². The Bertz CT molecular complexity index is 256. The molecule has 1 saturated heterocycles. The molecule has 0 aromatic rings. The molecule has 1 N–H and O–H groups in total. The molecule has 1 aliphatic heterocycles. The maximum absolute atomic E-state index is 10.8. The molecule has 1 aliphatic rings. The Labute approximate surface area is 94.2 Å². The molecule has 0 bridgehead atoms. The number of hydrogen-bond acceptors (Lipinski definition) is 6. The molecule has 1 fully saturated rings. The molecule has 16 heavy (non-hydrogen) atoms. The van der Waals surface area contributed by atoms with Crippen molar-refractivity contribution in [2.24, 2.45) is 0 Å². The topological polar surface area (TPSA) is 73.9 Å². The maximum Gasteiger partial charge on any atom is 0.321 e. The molecule has 0 radical (unpaired) electrons. The summed E-state index contributed by atoms with van der Waals surface area (Å²) in [6.07, 6.45) is 1.13. The first kappa shape index (κ1) is 12.9. The van der Waals surface area contributed by atoms with Crippen LogP contribution in [-0.4, -0.2) is 37.3 Å². The molecule has 0 unspecified atom stereocenters. The SMILES string of the molecule is CC(=O)ONC[C@@H]1C[C@H](OC(C)=O)CCO1. The van der Waals surface area contributed by atoms with E-state index in [2.05, 4.69) is 10.3 Å². The van der Waals surface area contributed by atoms with E-state index in [1.807, 2.05) is 0 Å². The maximum atomic E-state index is 10.8. The minimum Gasteiger partial charge on any atom is -0.462 e. The quantitative estimate of drug-likeness (QED) is 0.549. The van der Waals surface area contributed by atoms with Crippen molar-refractivity contribution in [2.45, 2.75) is 38.9 Å². The summed E-state index contributed by atoms with van der Waals surface area (Å²) in [5.41, 5.74) is 2.51. The fraction of sp³-hybridized carbons (Fsp3) is 0.800. The predicted octanol–water partition coefficient (Wildman–Crippen LogP) is 0.165. The van der Waals surface area contributed by atoms with Crippen LogP contribution in [0.5, 0.6) is 0 Å². The Kier molecular flexibility index (Phi) is 5.21. The van der Waals surface area contributed by atoms with E-state index in [4.69, 9.17) is 9.47 Å². The van der Waals surface area contributed by atoms with Crippen LogP contribution in [0.15, 0.2) is 0 Å². The molecule has 0 spiro atoms. The van der Waals surface area contributed by atoms with Gasteiger partial charge in [-0.2, -0.15) is 5.48 Å². The zero-order chi connectivity index (χ0) is 12.0. The first-order valence-electron chi connectivity index (χ1n) is 5.27. The Hall–Kier alpha value is -1.14. The highest BCUT2D eigenvalue weighted by Gasteiger charge is 2.24. The summed E-state index contributed by atoms with van der Waals surface area (Å²) in [6, 6.07) is 0. The molecule has 1 heterocycles. The number of rotatable bonds is 4. The van der Waals surface area contributed by atoms with Gasteiger partial charge >= 0.3 is 11.9 Å². The molecule has 92 valence electrons. The van der Waals surface area contributed by atoms with Gasteiger partial charge in [0.15, 0.2) is 0 Å². The summed E-state index contributed by atoms with van der Waals surface area (Å²) in [5.74, 6) is -0.675. The van der Waals surface area contributed by atoms with E-state index < -0.39 is 5.97 Å². The van der Waals surface area contributed by atoms with E-state index in [0.29, 0.717) is 26.0 Å². The first-order valence-corrected chi connectivity index (χ1v) is 5.27. The Morgan fingerprint density at radius 1 is 1.38 bits per heavy atom. The summed E-state index contributed by atoms with van der Waals surface area (Å²) in [5, 5.41) is 0. The van der Waals surface area contributed by atoms with Gasteiger partial charge < -0.3 is 14.3 Å². The van der Waals surface area contributed by atoms with Crippen LogP contribution < -0.4 is 5.48 Å². The van der Waals surface area contributed by atoms with Gasteiger partial charge in [-0.25, -0.2) is 0 Å². The summed E-state index contributed by atoms with van der Waals surface area (Å²) < 4.78 is 10.5. The van der Waals surface area contributed by atoms with Gasteiger partial charge in [0, 0.05) is 26.7 Å². The van der Waals surface area contributed by atoms with Gasteiger partial charge in [-0.1, -0.05) is 0 Å². The van der Waals surface area contributed by atoms with Crippen molar-refractivity contribution in [2.75, 3.05) is 13.2 Å². The van der Waals surface area contributed by atoms with Crippen LogP contribution in [-0.2, 0) is 23.9 Å². The molecule has 1 rings (SSSR count). The highest BCUT2D eigenvalue weighted by molar-refractivity contribution is 5.66. The number of ether oxygens (including phenoxy) is 2. The van der Waals surface area contributed by atoms with Crippen molar-refractivity contribution in [1.82, 2.24) is 5.48 Å². The fourth-order valence-electron chi connectivity index (χ4n) is 1.57. The largest absolute Gasteiger partial charge is 0.462 e. The Morgan fingerprint density at radius 3 is 2.75 bits per heavy atom. The number of carbonyl (C=O) groups excluding carboxylic acids is 2. The van der Waals surface area contributed by atoms with Crippen LogP contribution in [0.4, 0.5) is 0 Å². The summed E-state index contributed by atoms with van der Waals surface area (Å²) in [7, 11) is 0. The zero-order valence-electron chi connectivity index (χ0n) is 9.52. The smallest absolute Gasteiger partial charge is 0.321 e. The third-order valence-corrected chi connectivity index (χ3v) is 2.18. The van der Waals surface area contributed by atoms with Crippen LogP contribution >= 0.6 is 0 Å². The van der Waals surface area contributed by atoms with Crippen molar-refractivity contribution >= 4 is 11.9 Å². The van der Waals surface area contributed by atoms with Gasteiger partial charge in [0.25, 0.3) is 0 Å². The normalized spacial score (nSPS) is 24.9. The average molecular weight is 231 g/mol. The van der Waals surface area contributed by atoms with Crippen molar-refractivity contribution in [1.29, 1.82) is 0 Å². The third kappa shape index (κ3) is 5.09. The molecule has 6 heteroatoms. The predicted molar refractivity (Wildman–Crippen MR) is 54.3 cm³/mol. The molecule has 2 atom stereocenters. The number of esters is 1. The molecule has 0 aliphatic carbocycles. The molecule has 6 nitrogen and oxygen atoms in total. The minimum atomic E-state index is -0.396. The van der Waals surface area contributed by atoms with E-state index in [-0.39, 0.29) is 18.2 Å². The lowest BCUT2D eigenvalue weighted by Gasteiger charge is -2.28. The molecular weight excluding hydrogens is 214 g/mol. The van der Waals surface area contributed by atoms with Crippen LogP contribution in [0.2, 0.25) is 0 Å². The van der Waals surface area contributed by atoms with Crippen molar-refractivity contribution in [3.05, 3.63) is 0 Å². The summed E-state index contributed by atoms with van der Waals surface area (Å²) >= 11 is 0. The van der Waals surface area contributed by atoms with Crippen molar-refractivity contribution in [3.8, 4) is 0 Å². The lowest BCUT2D eigenvalue weighted by Crippen LogP contribution is -2.38. The highest BCUT2D eigenvalue weighted by Crippen LogP contribution is 2.16. The van der Waals surface area contributed by atoms with E-state index in [1.165, 1.54) is 13.8 Å². The molecule has 0 amide bonds. The van der Waals surface area contributed by atoms with Crippen LogP contribution in [0.25, 0.3) is 0 Å². The van der Waals surface area contributed by atoms with E-state index in [1.54, 1.807) is 0 Å². The Morgan fingerprint density at radius 2 is 2.12 bits per heavy atom. The van der Waals surface area contributed by atoms with Crippen molar-refractivity contribution < 1.29 is 23.9 Å². The summed E-state index contributed by atoms with van der Waals surface area (Å²) in [6.45, 7) is 3.65. The van der Waals surface area contributed by atoms with Crippen LogP contribution in [0, 0.1) is 0 Å². The first-order chi connectivity index (χ1) is 7.58. The van der Waals surface area contributed by atoms with Gasteiger partial charge in [-0.3, -0.25) is 9.59 Å². The zero-order valence-corrected chi connectivity index (χ0v) is 9.52. The second kappa shape index (κ2) is 6.44. The molecular formula is C10H17NO5. The highest BCUT2D eigenvalue weighted by atomic mass is 16.7. The Balaban J connectivity index is 2.22. The lowest BCUT2D eigenvalue weighted by atomic mass is 10.1. The van der Waals surface area contributed by atoms with Crippen LogP contribution in [0.1, 0.15) is 26.7 Å². The number of carbonyl (C=O) groups is 2. The lowest BCUT2D eigenvalue weighted by molar-refractivity contribution is -0.156. The second-order valence-electron chi connectivity index (χ2n) is 3.69. The fourth-order valence-corrected chi connectivity index (χ4v) is 1.57. The van der Waals surface area contributed by atoms with Crippen LogP contribution in [0.3, 0.4) is 0 Å². The standard InChI is InChI=1S/C10H17NO5/c1-7(12)15-9-3-4-14-10(5-9)6-11-16-8(2)13/h9-11H,3-6H2,1-2H3/t9-,10+/m1/s1. The molecule has 0 aromatic carbocycles.